The summed E-state index contributed by atoms with van der Waals surface area (Å²) in [6, 6.07) is 8.39. The first-order valence-corrected chi connectivity index (χ1v) is 8.45. The molecule has 0 aliphatic carbocycles. The summed E-state index contributed by atoms with van der Waals surface area (Å²) >= 11 is 0. The standard InChI is InChI=1S/C14H22N2O4S/c1-11-8-16(9-12(2)20-11)21(18,19)15-14(10-17)13-6-4-3-5-7-13/h3-7,11-12,14-15,17H,8-10H2,1-2H3/t11?,12?,14-/m0/s1. The van der Waals surface area contributed by atoms with Crippen LogP contribution in [0.1, 0.15) is 25.5 Å². The summed E-state index contributed by atoms with van der Waals surface area (Å²) in [6.45, 7) is 4.02. The number of rotatable bonds is 5. The number of ether oxygens (including phenoxy) is 1. The van der Waals surface area contributed by atoms with Crippen LogP contribution in [-0.4, -0.2) is 49.7 Å². The second-order valence-electron chi connectivity index (χ2n) is 5.34. The molecule has 1 aromatic rings. The summed E-state index contributed by atoms with van der Waals surface area (Å²) in [5.41, 5.74) is 0.734. The van der Waals surface area contributed by atoms with E-state index in [1.807, 2.05) is 32.0 Å². The highest BCUT2D eigenvalue weighted by Gasteiger charge is 2.32. The monoisotopic (exact) mass is 314 g/mol. The first kappa shape index (κ1) is 16.4. The maximum atomic E-state index is 12.5. The van der Waals surface area contributed by atoms with E-state index >= 15 is 0 Å². The van der Waals surface area contributed by atoms with E-state index in [9.17, 15) is 13.5 Å². The second kappa shape index (κ2) is 6.85. The summed E-state index contributed by atoms with van der Waals surface area (Å²) in [5, 5.41) is 9.47. The van der Waals surface area contributed by atoms with Gasteiger partial charge in [-0.1, -0.05) is 30.3 Å². The lowest BCUT2D eigenvalue weighted by atomic mass is 10.1. The Bertz CT molecular complexity index is 539. The van der Waals surface area contributed by atoms with Crippen molar-refractivity contribution in [3.05, 3.63) is 35.9 Å². The van der Waals surface area contributed by atoms with Gasteiger partial charge in [0.25, 0.3) is 10.2 Å². The molecule has 2 unspecified atom stereocenters. The van der Waals surface area contributed by atoms with Crippen molar-refractivity contribution in [2.24, 2.45) is 0 Å². The molecular weight excluding hydrogens is 292 g/mol. The van der Waals surface area contributed by atoms with E-state index in [4.69, 9.17) is 4.74 Å². The van der Waals surface area contributed by atoms with Gasteiger partial charge < -0.3 is 9.84 Å². The molecule has 0 spiro atoms. The zero-order valence-electron chi connectivity index (χ0n) is 12.3. The highest BCUT2D eigenvalue weighted by molar-refractivity contribution is 7.87. The van der Waals surface area contributed by atoms with Gasteiger partial charge >= 0.3 is 0 Å². The first-order valence-electron chi connectivity index (χ1n) is 7.01. The van der Waals surface area contributed by atoms with Crippen LogP contribution >= 0.6 is 0 Å². The third-order valence-electron chi connectivity index (χ3n) is 3.40. The van der Waals surface area contributed by atoms with Gasteiger partial charge in [-0.15, -0.1) is 0 Å². The molecule has 1 aliphatic heterocycles. The molecule has 2 rings (SSSR count). The van der Waals surface area contributed by atoms with Gasteiger partial charge in [0.15, 0.2) is 0 Å². The van der Waals surface area contributed by atoms with E-state index in [0.717, 1.165) is 5.56 Å². The SMILES string of the molecule is CC1CN(S(=O)(=O)N[C@@H](CO)c2ccccc2)CC(C)O1. The van der Waals surface area contributed by atoms with Crippen LogP contribution in [0.2, 0.25) is 0 Å². The lowest BCUT2D eigenvalue weighted by molar-refractivity contribution is -0.0445. The molecule has 1 heterocycles. The van der Waals surface area contributed by atoms with Gasteiger partial charge in [-0.05, 0) is 19.4 Å². The first-order chi connectivity index (χ1) is 9.92. The number of benzene rings is 1. The number of morpholine rings is 1. The highest BCUT2D eigenvalue weighted by atomic mass is 32.2. The fourth-order valence-electron chi connectivity index (χ4n) is 2.48. The minimum atomic E-state index is -3.67. The van der Waals surface area contributed by atoms with E-state index in [1.165, 1.54) is 4.31 Å². The fraction of sp³-hybridized carbons (Fsp3) is 0.571. The topological polar surface area (TPSA) is 78.9 Å². The lowest BCUT2D eigenvalue weighted by Gasteiger charge is -2.35. The van der Waals surface area contributed by atoms with Crippen LogP contribution in [-0.2, 0) is 14.9 Å². The summed E-state index contributed by atoms with van der Waals surface area (Å²) in [7, 11) is -3.67. The number of aliphatic hydroxyl groups is 1. The third kappa shape index (κ3) is 4.24. The van der Waals surface area contributed by atoms with Crippen molar-refractivity contribution < 1.29 is 18.3 Å². The zero-order valence-corrected chi connectivity index (χ0v) is 13.1. The van der Waals surface area contributed by atoms with Crippen LogP contribution in [0.5, 0.6) is 0 Å². The molecule has 0 amide bonds. The molecule has 118 valence electrons. The molecule has 3 atom stereocenters. The van der Waals surface area contributed by atoms with Crippen LogP contribution < -0.4 is 4.72 Å². The molecular formula is C14H22N2O4S. The highest BCUT2D eigenvalue weighted by Crippen LogP contribution is 2.18. The molecule has 1 fully saturated rings. The number of aliphatic hydroxyl groups excluding tert-OH is 1. The van der Waals surface area contributed by atoms with E-state index < -0.39 is 16.3 Å². The number of nitrogens with zero attached hydrogens (tertiary/aromatic N) is 1. The minimum absolute atomic E-state index is 0.144. The van der Waals surface area contributed by atoms with E-state index in [0.29, 0.717) is 13.1 Å². The molecule has 0 saturated carbocycles. The Labute approximate surface area is 125 Å². The molecule has 2 N–H and O–H groups in total. The third-order valence-corrected chi connectivity index (χ3v) is 4.96. The predicted octanol–water partition coefficient (Wildman–Crippen LogP) is 0.664. The molecule has 1 aromatic carbocycles. The van der Waals surface area contributed by atoms with Crippen molar-refractivity contribution in [2.75, 3.05) is 19.7 Å². The van der Waals surface area contributed by atoms with Gasteiger partial charge in [-0.2, -0.15) is 17.4 Å². The zero-order chi connectivity index (χ0) is 15.5. The van der Waals surface area contributed by atoms with Gasteiger partial charge in [-0.25, -0.2) is 0 Å². The Morgan fingerprint density at radius 2 is 1.86 bits per heavy atom. The van der Waals surface area contributed by atoms with E-state index in [1.54, 1.807) is 12.1 Å². The van der Waals surface area contributed by atoms with Crippen molar-refractivity contribution in [3.8, 4) is 0 Å². The fourth-order valence-corrected chi connectivity index (χ4v) is 4.01. The van der Waals surface area contributed by atoms with Crippen molar-refractivity contribution in [3.63, 3.8) is 0 Å². The van der Waals surface area contributed by atoms with E-state index in [2.05, 4.69) is 4.72 Å². The van der Waals surface area contributed by atoms with Gasteiger partial charge in [0.1, 0.15) is 0 Å². The second-order valence-corrected chi connectivity index (χ2v) is 7.05. The average molecular weight is 314 g/mol. The van der Waals surface area contributed by atoms with Gasteiger partial charge in [0, 0.05) is 13.1 Å². The minimum Gasteiger partial charge on any atom is -0.394 e. The average Bonchev–Trinajstić information content (AvgIpc) is 2.45. The van der Waals surface area contributed by atoms with Gasteiger partial charge in [-0.3, -0.25) is 0 Å². The number of hydrogen-bond donors (Lipinski definition) is 2. The molecule has 1 saturated heterocycles. The van der Waals surface area contributed by atoms with Crippen LogP contribution in [0, 0.1) is 0 Å². The van der Waals surface area contributed by atoms with Crippen molar-refractivity contribution in [1.82, 2.24) is 9.03 Å². The van der Waals surface area contributed by atoms with Crippen LogP contribution in [0.3, 0.4) is 0 Å². The molecule has 0 bridgehead atoms. The van der Waals surface area contributed by atoms with Gasteiger partial charge in [0.05, 0.1) is 24.9 Å². The summed E-state index contributed by atoms with van der Waals surface area (Å²) in [6.07, 6.45) is -0.288. The molecule has 0 aromatic heterocycles. The Kier molecular flexibility index (Phi) is 5.34. The molecule has 1 aliphatic rings. The van der Waals surface area contributed by atoms with Crippen molar-refractivity contribution in [1.29, 1.82) is 0 Å². The van der Waals surface area contributed by atoms with Gasteiger partial charge in [0.2, 0.25) is 0 Å². The Hall–Kier alpha value is -0.990. The Morgan fingerprint density at radius 1 is 1.29 bits per heavy atom. The van der Waals surface area contributed by atoms with Crippen LogP contribution in [0.15, 0.2) is 30.3 Å². The van der Waals surface area contributed by atoms with Crippen LogP contribution in [0.25, 0.3) is 0 Å². The Morgan fingerprint density at radius 3 is 2.38 bits per heavy atom. The molecule has 6 nitrogen and oxygen atoms in total. The van der Waals surface area contributed by atoms with Crippen molar-refractivity contribution >= 4 is 10.2 Å². The largest absolute Gasteiger partial charge is 0.394 e. The number of nitrogens with one attached hydrogen (secondary N) is 1. The number of hydrogen-bond acceptors (Lipinski definition) is 4. The maximum absolute atomic E-state index is 12.5. The summed E-state index contributed by atoms with van der Waals surface area (Å²) in [5.74, 6) is 0. The molecule has 7 heteroatoms. The molecule has 0 radical (unpaired) electrons. The maximum Gasteiger partial charge on any atom is 0.280 e. The summed E-state index contributed by atoms with van der Waals surface area (Å²) in [4.78, 5) is 0. The smallest absolute Gasteiger partial charge is 0.280 e. The lowest BCUT2D eigenvalue weighted by Crippen LogP contribution is -2.52. The van der Waals surface area contributed by atoms with Crippen LogP contribution in [0.4, 0.5) is 0 Å². The van der Waals surface area contributed by atoms with Crippen molar-refractivity contribution in [2.45, 2.75) is 32.1 Å². The molecule has 21 heavy (non-hydrogen) atoms. The van der Waals surface area contributed by atoms with E-state index in [-0.39, 0.29) is 18.8 Å². The Balaban J connectivity index is 2.12. The normalized spacial score (nSPS) is 25.7. The summed E-state index contributed by atoms with van der Waals surface area (Å²) < 4.78 is 34.4. The quantitative estimate of drug-likeness (QED) is 0.837. The predicted molar refractivity (Wildman–Crippen MR) is 79.9 cm³/mol.